The Morgan fingerprint density at radius 2 is 1.96 bits per heavy atom. The molecule has 1 amide bonds. The summed E-state index contributed by atoms with van der Waals surface area (Å²) in [4.78, 5) is 25.3. The number of benzene rings is 1. The summed E-state index contributed by atoms with van der Waals surface area (Å²) in [6.45, 7) is 7.95. The van der Waals surface area contributed by atoms with Gasteiger partial charge in [0.15, 0.2) is 0 Å². The molecule has 0 radical (unpaired) electrons. The van der Waals surface area contributed by atoms with E-state index in [-0.39, 0.29) is 11.9 Å². The fraction of sp³-hybridized carbons (Fsp3) is 0.412. The van der Waals surface area contributed by atoms with Crippen molar-refractivity contribution in [1.29, 1.82) is 0 Å². The zero-order valence-electron chi connectivity index (χ0n) is 13.9. The van der Waals surface area contributed by atoms with Crippen LogP contribution < -0.4 is 14.8 Å². The Labute approximate surface area is 135 Å². The number of hydrogen-bond acceptors (Lipinski definition) is 4. The van der Waals surface area contributed by atoms with Crippen molar-refractivity contribution in [2.45, 2.75) is 34.2 Å². The molecule has 0 saturated carbocycles. The molecule has 0 aliphatic carbocycles. The highest BCUT2D eigenvalue weighted by molar-refractivity contribution is 5.89. The lowest BCUT2D eigenvalue weighted by molar-refractivity contribution is -0.132. The Kier molecular flexibility index (Phi) is 5.26. The largest absolute Gasteiger partial charge is 0.493 e. The number of fused-ring (bicyclic) bond motifs is 1. The number of nitrogens with one attached hydrogen (secondary N) is 2. The third-order valence-corrected chi connectivity index (χ3v) is 3.10. The summed E-state index contributed by atoms with van der Waals surface area (Å²) in [7, 11) is 0. The molecule has 124 valence electrons. The highest BCUT2D eigenvalue weighted by atomic mass is 16.5. The Morgan fingerprint density at radius 1 is 1.22 bits per heavy atom. The summed E-state index contributed by atoms with van der Waals surface area (Å²) >= 11 is 0. The zero-order valence-corrected chi connectivity index (χ0v) is 13.9. The predicted octanol–water partition coefficient (Wildman–Crippen LogP) is 2.76. The molecule has 0 aliphatic heterocycles. The normalized spacial score (nSPS) is 10.8. The van der Waals surface area contributed by atoms with Gasteiger partial charge in [-0.3, -0.25) is 9.59 Å². The molecule has 2 rings (SSSR count). The first-order valence-corrected chi connectivity index (χ1v) is 7.56. The van der Waals surface area contributed by atoms with Gasteiger partial charge >= 0.3 is 5.97 Å². The highest BCUT2D eigenvalue weighted by Crippen LogP contribution is 2.31. The number of aromatic amines is 1. The first-order chi connectivity index (χ1) is 10.8. The van der Waals surface area contributed by atoms with Gasteiger partial charge in [-0.25, -0.2) is 0 Å². The van der Waals surface area contributed by atoms with Crippen LogP contribution >= 0.6 is 0 Å². The van der Waals surface area contributed by atoms with Crippen LogP contribution in [0.5, 0.6) is 11.6 Å². The molecule has 0 aliphatic rings. The topological polar surface area (TPSA) is 80.4 Å². The Hall–Kier alpha value is -2.50. The average Bonchev–Trinajstić information content (AvgIpc) is 2.83. The quantitative estimate of drug-likeness (QED) is 0.803. The van der Waals surface area contributed by atoms with E-state index in [2.05, 4.69) is 24.1 Å². The lowest BCUT2D eigenvalue weighted by Gasteiger charge is -2.12. The maximum Gasteiger partial charge on any atom is 0.309 e. The number of aromatic nitrogens is 1. The van der Waals surface area contributed by atoms with Gasteiger partial charge in [0, 0.05) is 31.8 Å². The molecule has 23 heavy (non-hydrogen) atoms. The molecular formula is C17H22N2O4. The summed E-state index contributed by atoms with van der Waals surface area (Å²) in [5.74, 6) is 0.974. The third-order valence-electron chi connectivity index (χ3n) is 3.10. The zero-order chi connectivity index (χ0) is 17.0. The average molecular weight is 318 g/mol. The minimum absolute atomic E-state index is 0.0955. The van der Waals surface area contributed by atoms with Crippen molar-refractivity contribution in [1.82, 2.24) is 10.3 Å². The molecule has 0 bridgehead atoms. The minimum Gasteiger partial charge on any atom is -0.493 e. The van der Waals surface area contributed by atoms with Crippen LogP contribution in [0.15, 0.2) is 18.2 Å². The van der Waals surface area contributed by atoms with E-state index in [0.29, 0.717) is 30.7 Å². The van der Waals surface area contributed by atoms with Crippen molar-refractivity contribution < 1.29 is 19.1 Å². The van der Waals surface area contributed by atoms with Crippen molar-refractivity contribution >= 4 is 22.8 Å². The second-order valence-corrected chi connectivity index (χ2v) is 5.90. The van der Waals surface area contributed by atoms with Crippen molar-refractivity contribution in [2.75, 3.05) is 6.61 Å². The van der Waals surface area contributed by atoms with E-state index in [1.807, 2.05) is 12.1 Å². The number of H-pyrrole nitrogens is 1. The minimum atomic E-state index is -0.389. The number of hydrogen-bond donors (Lipinski definition) is 2. The number of carbonyl (C=O) groups excluding carboxylic acids is 2. The Balaban J connectivity index is 2.37. The van der Waals surface area contributed by atoms with Gasteiger partial charge in [-0.1, -0.05) is 13.8 Å². The van der Waals surface area contributed by atoms with Gasteiger partial charge in [-0.2, -0.15) is 0 Å². The number of rotatable bonds is 6. The molecule has 0 atom stereocenters. The van der Waals surface area contributed by atoms with Gasteiger partial charge in [0.05, 0.1) is 12.1 Å². The molecule has 0 saturated heterocycles. The van der Waals surface area contributed by atoms with Gasteiger partial charge in [0.25, 0.3) is 0 Å². The Bertz CT molecular complexity index is 719. The summed E-state index contributed by atoms with van der Waals surface area (Å²) < 4.78 is 11.0. The molecular weight excluding hydrogens is 296 g/mol. The first-order valence-electron chi connectivity index (χ1n) is 7.56. The van der Waals surface area contributed by atoms with Gasteiger partial charge in [-0.05, 0) is 23.6 Å². The lowest BCUT2D eigenvalue weighted by atomic mass is 10.1. The van der Waals surface area contributed by atoms with Crippen molar-refractivity contribution in [3.8, 4) is 11.6 Å². The molecule has 0 unspecified atom stereocenters. The van der Waals surface area contributed by atoms with E-state index in [1.165, 1.54) is 13.8 Å². The molecule has 0 fully saturated rings. The summed E-state index contributed by atoms with van der Waals surface area (Å²) in [6, 6.07) is 5.54. The highest BCUT2D eigenvalue weighted by Gasteiger charge is 2.12. The number of amides is 1. The van der Waals surface area contributed by atoms with Gasteiger partial charge in [0.1, 0.15) is 5.75 Å². The van der Waals surface area contributed by atoms with Crippen molar-refractivity contribution in [3.05, 3.63) is 23.8 Å². The summed E-state index contributed by atoms with van der Waals surface area (Å²) in [5, 5.41) is 3.61. The first kappa shape index (κ1) is 16.9. The standard InChI is InChI=1S/C17H22N2O4/c1-10(2)9-22-16-6-13(8-18-11(3)20)5-15-14(16)7-17(19-15)23-12(4)21/h5-7,10,19H,8-9H2,1-4H3,(H,18,20). The molecule has 1 aromatic heterocycles. The van der Waals surface area contributed by atoms with Crippen LogP contribution in [0.4, 0.5) is 0 Å². The van der Waals surface area contributed by atoms with Gasteiger partial charge in [0.2, 0.25) is 11.8 Å². The van der Waals surface area contributed by atoms with Crippen LogP contribution in [-0.2, 0) is 16.1 Å². The molecule has 6 nitrogen and oxygen atoms in total. The number of esters is 1. The van der Waals surface area contributed by atoms with E-state index in [9.17, 15) is 9.59 Å². The maximum atomic E-state index is 11.1. The number of ether oxygens (including phenoxy) is 2. The predicted molar refractivity (Wildman–Crippen MR) is 87.5 cm³/mol. The Morgan fingerprint density at radius 3 is 2.57 bits per heavy atom. The van der Waals surface area contributed by atoms with Crippen LogP contribution in [0, 0.1) is 5.92 Å². The monoisotopic (exact) mass is 318 g/mol. The van der Waals surface area contributed by atoms with Crippen LogP contribution in [-0.4, -0.2) is 23.5 Å². The third kappa shape index (κ3) is 4.74. The van der Waals surface area contributed by atoms with Crippen LogP contribution in [0.1, 0.15) is 33.3 Å². The van der Waals surface area contributed by atoms with E-state index in [0.717, 1.165) is 16.5 Å². The molecule has 1 heterocycles. The summed E-state index contributed by atoms with van der Waals surface area (Å²) in [6.07, 6.45) is 0. The second-order valence-electron chi connectivity index (χ2n) is 5.90. The molecule has 0 spiro atoms. The van der Waals surface area contributed by atoms with Crippen LogP contribution in [0.25, 0.3) is 10.9 Å². The van der Waals surface area contributed by atoms with Gasteiger partial charge in [-0.15, -0.1) is 0 Å². The second kappa shape index (κ2) is 7.17. The smallest absolute Gasteiger partial charge is 0.309 e. The maximum absolute atomic E-state index is 11.1. The van der Waals surface area contributed by atoms with E-state index in [4.69, 9.17) is 9.47 Å². The van der Waals surface area contributed by atoms with E-state index in [1.54, 1.807) is 6.07 Å². The van der Waals surface area contributed by atoms with Crippen LogP contribution in [0.2, 0.25) is 0 Å². The molecule has 6 heteroatoms. The molecule has 1 aromatic carbocycles. The lowest BCUT2D eigenvalue weighted by Crippen LogP contribution is -2.18. The van der Waals surface area contributed by atoms with Crippen LogP contribution in [0.3, 0.4) is 0 Å². The van der Waals surface area contributed by atoms with Crippen molar-refractivity contribution in [2.24, 2.45) is 5.92 Å². The van der Waals surface area contributed by atoms with E-state index >= 15 is 0 Å². The van der Waals surface area contributed by atoms with Crippen molar-refractivity contribution in [3.63, 3.8) is 0 Å². The molecule has 2 N–H and O–H groups in total. The molecule has 2 aromatic rings. The fourth-order valence-electron chi connectivity index (χ4n) is 2.15. The van der Waals surface area contributed by atoms with E-state index < -0.39 is 0 Å². The fourth-order valence-corrected chi connectivity index (χ4v) is 2.15. The van der Waals surface area contributed by atoms with Gasteiger partial charge < -0.3 is 19.8 Å². The number of carbonyl (C=O) groups is 2. The summed E-state index contributed by atoms with van der Waals surface area (Å²) in [5.41, 5.74) is 1.70. The SMILES string of the molecule is CC(=O)NCc1cc(OCC(C)C)c2cc(OC(C)=O)[nH]c2c1.